The maximum absolute atomic E-state index is 12.5. The number of likely N-dealkylation sites (tertiary alicyclic amines) is 1. The Morgan fingerprint density at radius 2 is 1.62 bits per heavy atom. The summed E-state index contributed by atoms with van der Waals surface area (Å²) in [5.41, 5.74) is 0.0210. The van der Waals surface area contributed by atoms with E-state index >= 15 is 0 Å². The van der Waals surface area contributed by atoms with Gasteiger partial charge in [-0.25, -0.2) is 4.79 Å². The molecular weight excluding hydrogens is 268 g/mol. The Balaban J connectivity index is 1.42. The summed E-state index contributed by atoms with van der Waals surface area (Å²) in [5, 5.41) is 12.4. The number of amides is 2. The van der Waals surface area contributed by atoms with Gasteiger partial charge in [0, 0.05) is 18.6 Å². The molecule has 0 spiro atoms. The van der Waals surface area contributed by atoms with Crippen LogP contribution in [-0.4, -0.2) is 40.6 Å². The fourth-order valence-electron chi connectivity index (χ4n) is 5.72. The van der Waals surface area contributed by atoms with Crippen LogP contribution in [0.5, 0.6) is 0 Å². The lowest BCUT2D eigenvalue weighted by Gasteiger charge is -2.57. The largest absolute Gasteiger partial charge is 0.481 e. The minimum Gasteiger partial charge on any atom is -0.481 e. The average Bonchev–Trinajstić information content (AvgIpc) is 2.85. The van der Waals surface area contributed by atoms with Gasteiger partial charge in [-0.2, -0.15) is 0 Å². The van der Waals surface area contributed by atoms with Crippen LogP contribution in [0.4, 0.5) is 4.79 Å². The van der Waals surface area contributed by atoms with Crippen LogP contribution >= 0.6 is 0 Å². The van der Waals surface area contributed by atoms with Crippen LogP contribution in [0.3, 0.4) is 0 Å². The number of carbonyl (C=O) groups is 2. The monoisotopic (exact) mass is 292 g/mol. The number of nitrogens with zero attached hydrogens (tertiary/aromatic N) is 1. The number of carbonyl (C=O) groups excluding carboxylic acids is 1. The van der Waals surface area contributed by atoms with Crippen LogP contribution in [0.1, 0.15) is 44.9 Å². The Kier molecular flexibility index (Phi) is 2.95. The summed E-state index contributed by atoms with van der Waals surface area (Å²) in [7, 11) is 0. The molecule has 1 unspecified atom stereocenters. The smallest absolute Gasteiger partial charge is 0.317 e. The molecule has 5 fully saturated rings. The number of carboxylic acids is 1. The average molecular weight is 292 g/mol. The van der Waals surface area contributed by atoms with Crippen LogP contribution in [-0.2, 0) is 4.79 Å². The van der Waals surface area contributed by atoms with Gasteiger partial charge < -0.3 is 15.3 Å². The van der Waals surface area contributed by atoms with Gasteiger partial charge in [0.1, 0.15) is 0 Å². The molecule has 4 saturated carbocycles. The fourth-order valence-corrected chi connectivity index (χ4v) is 5.72. The van der Waals surface area contributed by atoms with Crippen LogP contribution in [0, 0.1) is 23.7 Å². The molecule has 0 aromatic carbocycles. The summed E-state index contributed by atoms with van der Waals surface area (Å²) in [6.45, 7) is 0.947. The third-order valence-electron chi connectivity index (χ3n) is 6.24. The van der Waals surface area contributed by atoms with Crippen molar-refractivity contribution in [3.8, 4) is 0 Å². The van der Waals surface area contributed by atoms with E-state index in [0.717, 1.165) is 37.0 Å². The van der Waals surface area contributed by atoms with Crippen molar-refractivity contribution in [3.05, 3.63) is 0 Å². The van der Waals surface area contributed by atoms with Crippen molar-refractivity contribution in [3.63, 3.8) is 0 Å². The van der Waals surface area contributed by atoms with E-state index < -0.39 is 5.97 Å². The molecule has 5 heteroatoms. The first-order valence-corrected chi connectivity index (χ1v) is 8.33. The Bertz CT molecular complexity index is 441. The van der Waals surface area contributed by atoms with E-state index in [9.17, 15) is 9.59 Å². The highest BCUT2D eigenvalue weighted by atomic mass is 16.4. The van der Waals surface area contributed by atoms with Crippen LogP contribution in [0.15, 0.2) is 0 Å². The minimum absolute atomic E-state index is 0.0210. The van der Waals surface area contributed by atoms with E-state index in [1.165, 1.54) is 19.3 Å². The first-order chi connectivity index (χ1) is 10.0. The zero-order valence-electron chi connectivity index (χ0n) is 12.4. The number of carboxylic acid groups (broad SMARTS) is 1. The highest BCUT2D eigenvalue weighted by Gasteiger charge is 2.52. The van der Waals surface area contributed by atoms with E-state index in [4.69, 9.17) is 5.11 Å². The van der Waals surface area contributed by atoms with Gasteiger partial charge >= 0.3 is 12.0 Å². The zero-order chi connectivity index (χ0) is 14.6. The number of aliphatic carboxylic acids is 1. The molecule has 5 nitrogen and oxygen atoms in total. The summed E-state index contributed by atoms with van der Waals surface area (Å²) in [4.78, 5) is 25.2. The van der Waals surface area contributed by atoms with Gasteiger partial charge in [0.2, 0.25) is 0 Å². The van der Waals surface area contributed by atoms with Crippen molar-refractivity contribution < 1.29 is 14.7 Å². The van der Waals surface area contributed by atoms with Gasteiger partial charge in [0.05, 0.1) is 5.92 Å². The molecule has 1 saturated heterocycles. The van der Waals surface area contributed by atoms with Gasteiger partial charge in [-0.15, -0.1) is 0 Å². The number of nitrogens with one attached hydrogen (secondary N) is 1. The Hall–Kier alpha value is -1.26. The Labute approximate surface area is 125 Å². The molecule has 1 heterocycles. The molecule has 21 heavy (non-hydrogen) atoms. The van der Waals surface area contributed by atoms with Gasteiger partial charge in [-0.05, 0) is 62.7 Å². The summed E-state index contributed by atoms with van der Waals surface area (Å²) in [6.07, 6.45) is 8.09. The molecule has 2 N–H and O–H groups in total. The van der Waals surface area contributed by atoms with Gasteiger partial charge in [-0.1, -0.05) is 0 Å². The lowest BCUT2D eigenvalue weighted by Crippen LogP contribution is -2.61. The molecule has 0 radical (unpaired) electrons. The van der Waals surface area contributed by atoms with Crippen molar-refractivity contribution in [1.29, 1.82) is 0 Å². The van der Waals surface area contributed by atoms with E-state index in [1.54, 1.807) is 4.90 Å². The maximum atomic E-state index is 12.5. The predicted octanol–water partition coefficient (Wildman–Crippen LogP) is 2.07. The molecule has 0 aromatic heterocycles. The second-order valence-corrected chi connectivity index (χ2v) is 7.90. The van der Waals surface area contributed by atoms with Crippen molar-refractivity contribution in [1.82, 2.24) is 10.2 Å². The summed E-state index contributed by atoms with van der Waals surface area (Å²) >= 11 is 0. The standard InChI is InChI=1S/C16H24N2O3/c19-14(20)13-1-2-18(9-13)15(21)17-16-6-10-3-11(7-16)5-12(4-10)8-16/h10-13H,1-9H2,(H,17,21)(H,19,20). The normalized spacial score (nSPS) is 44.1. The molecule has 0 aromatic rings. The molecule has 2 amide bonds. The fraction of sp³-hybridized carbons (Fsp3) is 0.875. The van der Waals surface area contributed by atoms with E-state index in [0.29, 0.717) is 19.5 Å². The lowest BCUT2D eigenvalue weighted by molar-refractivity contribution is -0.141. The highest BCUT2D eigenvalue weighted by Crippen LogP contribution is 2.55. The maximum Gasteiger partial charge on any atom is 0.317 e. The van der Waals surface area contributed by atoms with Gasteiger partial charge in [0.25, 0.3) is 0 Å². The summed E-state index contributed by atoms with van der Waals surface area (Å²) in [5.74, 6) is 1.26. The van der Waals surface area contributed by atoms with Crippen LogP contribution in [0.2, 0.25) is 0 Å². The molecular formula is C16H24N2O3. The molecule has 4 bridgehead atoms. The SMILES string of the molecule is O=C(O)C1CCN(C(=O)NC23CC4CC(CC(C4)C2)C3)C1. The summed E-state index contributed by atoms with van der Waals surface area (Å²) < 4.78 is 0. The first kappa shape index (κ1) is 13.4. The van der Waals surface area contributed by atoms with Crippen LogP contribution in [0.25, 0.3) is 0 Å². The zero-order valence-corrected chi connectivity index (χ0v) is 12.4. The lowest BCUT2D eigenvalue weighted by atomic mass is 9.53. The third-order valence-corrected chi connectivity index (χ3v) is 6.24. The van der Waals surface area contributed by atoms with E-state index in [-0.39, 0.29) is 17.5 Å². The molecule has 5 rings (SSSR count). The second kappa shape index (κ2) is 4.62. The first-order valence-electron chi connectivity index (χ1n) is 8.33. The number of hydrogen-bond donors (Lipinski definition) is 2. The second-order valence-electron chi connectivity index (χ2n) is 7.90. The van der Waals surface area contributed by atoms with Crippen LogP contribution < -0.4 is 5.32 Å². The van der Waals surface area contributed by atoms with Crippen molar-refractivity contribution in [2.75, 3.05) is 13.1 Å². The Morgan fingerprint density at radius 1 is 1.05 bits per heavy atom. The van der Waals surface area contributed by atoms with Gasteiger partial charge in [-0.3, -0.25) is 4.79 Å². The quantitative estimate of drug-likeness (QED) is 0.818. The number of hydrogen-bond acceptors (Lipinski definition) is 2. The topological polar surface area (TPSA) is 69.6 Å². The predicted molar refractivity (Wildman–Crippen MR) is 76.8 cm³/mol. The molecule has 1 atom stereocenters. The molecule has 4 aliphatic carbocycles. The number of rotatable bonds is 2. The molecule has 1 aliphatic heterocycles. The third kappa shape index (κ3) is 2.30. The number of urea groups is 1. The van der Waals surface area contributed by atoms with Gasteiger partial charge in [0.15, 0.2) is 0 Å². The van der Waals surface area contributed by atoms with E-state index in [1.807, 2.05) is 0 Å². The van der Waals surface area contributed by atoms with E-state index in [2.05, 4.69) is 5.32 Å². The molecule has 116 valence electrons. The highest BCUT2D eigenvalue weighted by molar-refractivity contribution is 5.78. The minimum atomic E-state index is -0.778. The summed E-state index contributed by atoms with van der Waals surface area (Å²) in [6, 6.07) is -0.0271. The van der Waals surface area contributed by atoms with Crippen molar-refractivity contribution >= 4 is 12.0 Å². The Morgan fingerprint density at radius 3 is 2.10 bits per heavy atom. The van der Waals surface area contributed by atoms with Crippen molar-refractivity contribution in [2.24, 2.45) is 23.7 Å². The molecule has 5 aliphatic rings. The van der Waals surface area contributed by atoms with Crippen molar-refractivity contribution in [2.45, 2.75) is 50.5 Å².